The van der Waals surface area contributed by atoms with E-state index in [1.54, 1.807) is 0 Å². The lowest BCUT2D eigenvalue weighted by Gasteiger charge is -2.44. The molecular formula is C17H22N4. The molecule has 3 rings (SSSR count). The van der Waals surface area contributed by atoms with Gasteiger partial charge in [-0.15, -0.1) is 0 Å². The van der Waals surface area contributed by atoms with Crippen LogP contribution in [0.1, 0.15) is 31.9 Å². The van der Waals surface area contributed by atoms with Gasteiger partial charge < -0.3 is 10.2 Å². The fraction of sp³-hybridized carbons (Fsp3) is 0.412. The third-order valence-electron chi connectivity index (χ3n) is 4.05. The average molecular weight is 282 g/mol. The number of fused-ring (bicyclic) bond motifs is 1. The highest BCUT2D eigenvalue weighted by Gasteiger charge is 2.33. The molecule has 1 N–H and O–H groups in total. The van der Waals surface area contributed by atoms with Crippen LogP contribution in [-0.2, 0) is 13.0 Å². The molecule has 4 heteroatoms. The summed E-state index contributed by atoms with van der Waals surface area (Å²) < 4.78 is 0. The van der Waals surface area contributed by atoms with Crippen molar-refractivity contribution in [2.75, 3.05) is 16.8 Å². The minimum Gasteiger partial charge on any atom is -0.354 e. The maximum atomic E-state index is 4.66. The number of anilines is 2. The van der Waals surface area contributed by atoms with Crippen LogP contribution in [0, 0.1) is 0 Å². The maximum Gasteiger partial charge on any atom is 0.224 e. The highest BCUT2D eigenvalue weighted by atomic mass is 15.3. The van der Waals surface area contributed by atoms with Crippen molar-refractivity contribution in [3.63, 3.8) is 0 Å². The number of hydrogen-bond donors (Lipinski definition) is 1. The van der Waals surface area contributed by atoms with Crippen molar-refractivity contribution in [2.45, 2.75) is 39.3 Å². The summed E-state index contributed by atoms with van der Waals surface area (Å²) in [5.41, 5.74) is 2.88. The predicted octanol–water partition coefficient (Wildman–Crippen LogP) is 3.25. The molecule has 2 aromatic rings. The van der Waals surface area contributed by atoms with Gasteiger partial charge in [-0.2, -0.15) is 4.98 Å². The van der Waals surface area contributed by atoms with Crippen molar-refractivity contribution in [3.8, 4) is 0 Å². The summed E-state index contributed by atoms with van der Waals surface area (Å²) in [7, 11) is 0. The molecule has 0 unspecified atom stereocenters. The van der Waals surface area contributed by atoms with Gasteiger partial charge in [-0.3, -0.25) is 0 Å². The van der Waals surface area contributed by atoms with E-state index in [0.717, 1.165) is 25.3 Å². The third-order valence-corrected chi connectivity index (χ3v) is 4.05. The topological polar surface area (TPSA) is 41.1 Å². The average Bonchev–Trinajstić information content (AvgIpc) is 2.46. The van der Waals surface area contributed by atoms with Crippen molar-refractivity contribution in [2.24, 2.45) is 0 Å². The molecule has 1 aromatic carbocycles. The van der Waals surface area contributed by atoms with Crippen LogP contribution in [0.2, 0.25) is 0 Å². The highest BCUT2D eigenvalue weighted by Crippen LogP contribution is 2.33. The van der Waals surface area contributed by atoms with Gasteiger partial charge in [0.15, 0.2) is 0 Å². The van der Waals surface area contributed by atoms with E-state index < -0.39 is 0 Å². The zero-order valence-electron chi connectivity index (χ0n) is 12.9. The second-order valence-electron chi connectivity index (χ2n) is 6.11. The van der Waals surface area contributed by atoms with Gasteiger partial charge in [-0.05, 0) is 44.4 Å². The van der Waals surface area contributed by atoms with Crippen LogP contribution in [0.5, 0.6) is 0 Å². The summed E-state index contributed by atoms with van der Waals surface area (Å²) in [6, 6.07) is 10.7. The van der Waals surface area contributed by atoms with Gasteiger partial charge in [0.25, 0.3) is 0 Å². The molecule has 0 saturated carbocycles. The van der Waals surface area contributed by atoms with Crippen LogP contribution in [0.3, 0.4) is 0 Å². The van der Waals surface area contributed by atoms with E-state index in [9.17, 15) is 0 Å². The molecule has 1 aliphatic heterocycles. The Labute approximate surface area is 126 Å². The first kappa shape index (κ1) is 13.9. The second kappa shape index (κ2) is 5.35. The zero-order valence-corrected chi connectivity index (χ0v) is 12.9. The molecule has 0 fully saturated rings. The number of benzene rings is 1. The molecule has 0 atom stereocenters. The summed E-state index contributed by atoms with van der Waals surface area (Å²) in [5.74, 6) is 1.69. The summed E-state index contributed by atoms with van der Waals surface area (Å²) in [5, 5.41) is 3.18. The lowest BCUT2D eigenvalue weighted by Crippen LogP contribution is -2.49. The Morgan fingerprint density at radius 1 is 1.19 bits per heavy atom. The van der Waals surface area contributed by atoms with Gasteiger partial charge in [-0.1, -0.05) is 24.3 Å². The maximum absolute atomic E-state index is 4.66. The normalized spacial score (nSPS) is 16.4. The quantitative estimate of drug-likeness (QED) is 0.938. The number of aromatic nitrogens is 2. The second-order valence-corrected chi connectivity index (χ2v) is 6.11. The van der Waals surface area contributed by atoms with Crippen molar-refractivity contribution in [3.05, 3.63) is 47.7 Å². The number of nitrogens with zero attached hydrogens (tertiary/aromatic N) is 3. The van der Waals surface area contributed by atoms with Gasteiger partial charge in [0.05, 0.1) is 0 Å². The van der Waals surface area contributed by atoms with Crippen LogP contribution in [0.25, 0.3) is 0 Å². The van der Waals surface area contributed by atoms with Crippen molar-refractivity contribution < 1.29 is 0 Å². The molecule has 1 aliphatic rings. The Morgan fingerprint density at radius 3 is 2.71 bits per heavy atom. The van der Waals surface area contributed by atoms with E-state index in [0.29, 0.717) is 5.95 Å². The Kier molecular flexibility index (Phi) is 3.53. The Balaban J connectivity index is 1.96. The summed E-state index contributed by atoms with van der Waals surface area (Å²) >= 11 is 0. The smallest absolute Gasteiger partial charge is 0.224 e. The van der Waals surface area contributed by atoms with E-state index in [1.807, 2.05) is 12.3 Å². The fourth-order valence-electron chi connectivity index (χ4n) is 2.96. The van der Waals surface area contributed by atoms with Crippen LogP contribution < -0.4 is 10.2 Å². The fourth-order valence-corrected chi connectivity index (χ4v) is 2.96. The van der Waals surface area contributed by atoms with Crippen LogP contribution >= 0.6 is 0 Å². The summed E-state index contributed by atoms with van der Waals surface area (Å²) in [4.78, 5) is 11.3. The molecule has 21 heavy (non-hydrogen) atoms. The van der Waals surface area contributed by atoms with Gasteiger partial charge in [0.2, 0.25) is 5.95 Å². The Bertz CT molecular complexity index is 636. The van der Waals surface area contributed by atoms with E-state index in [-0.39, 0.29) is 5.54 Å². The molecule has 0 radical (unpaired) electrons. The SMILES string of the molecule is CCNc1nccc(N2Cc3ccccc3CC2(C)C)n1. The predicted molar refractivity (Wildman–Crippen MR) is 86.6 cm³/mol. The van der Waals surface area contributed by atoms with Crippen molar-refractivity contribution in [1.29, 1.82) is 0 Å². The highest BCUT2D eigenvalue weighted by molar-refractivity contribution is 5.49. The molecule has 0 aliphatic carbocycles. The molecule has 4 nitrogen and oxygen atoms in total. The molecule has 0 spiro atoms. The molecule has 2 heterocycles. The van der Waals surface area contributed by atoms with Crippen LogP contribution in [0.4, 0.5) is 11.8 Å². The van der Waals surface area contributed by atoms with Crippen LogP contribution in [0.15, 0.2) is 36.5 Å². The number of nitrogens with one attached hydrogen (secondary N) is 1. The van der Waals surface area contributed by atoms with Gasteiger partial charge in [0, 0.05) is 24.8 Å². The number of rotatable bonds is 3. The lowest BCUT2D eigenvalue weighted by molar-refractivity contribution is 0.427. The van der Waals surface area contributed by atoms with E-state index in [4.69, 9.17) is 0 Å². The lowest BCUT2D eigenvalue weighted by atomic mass is 9.85. The summed E-state index contributed by atoms with van der Waals surface area (Å²) in [6.07, 6.45) is 2.86. The molecule has 0 saturated heterocycles. The monoisotopic (exact) mass is 282 g/mol. The van der Waals surface area contributed by atoms with Crippen LogP contribution in [-0.4, -0.2) is 22.1 Å². The standard InChI is InChI=1S/C17H22N4/c1-4-18-16-19-10-9-15(20-16)21-12-14-8-6-5-7-13(14)11-17(21,2)3/h5-10H,4,11-12H2,1-3H3,(H,18,19,20). The summed E-state index contributed by atoms with van der Waals surface area (Å²) in [6.45, 7) is 8.33. The van der Waals surface area contributed by atoms with E-state index in [2.05, 4.69) is 65.2 Å². The largest absolute Gasteiger partial charge is 0.354 e. The molecule has 0 amide bonds. The Hall–Kier alpha value is -2.10. The van der Waals surface area contributed by atoms with E-state index >= 15 is 0 Å². The first-order chi connectivity index (χ1) is 10.1. The molecular weight excluding hydrogens is 260 g/mol. The molecule has 0 bridgehead atoms. The minimum absolute atomic E-state index is 0.0478. The molecule has 1 aromatic heterocycles. The van der Waals surface area contributed by atoms with Gasteiger partial charge in [-0.25, -0.2) is 4.98 Å². The van der Waals surface area contributed by atoms with Gasteiger partial charge in [0.1, 0.15) is 5.82 Å². The Morgan fingerprint density at radius 2 is 1.95 bits per heavy atom. The van der Waals surface area contributed by atoms with Gasteiger partial charge >= 0.3 is 0 Å². The number of hydrogen-bond acceptors (Lipinski definition) is 4. The first-order valence-corrected chi connectivity index (χ1v) is 7.51. The zero-order chi connectivity index (χ0) is 14.9. The first-order valence-electron chi connectivity index (χ1n) is 7.51. The third kappa shape index (κ3) is 2.71. The minimum atomic E-state index is 0.0478. The van der Waals surface area contributed by atoms with Crippen molar-refractivity contribution >= 4 is 11.8 Å². The van der Waals surface area contributed by atoms with Crippen molar-refractivity contribution in [1.82, 2.24) is 9.97 Å². The van der Waals surface area contributed by atoms with E-state index in [1.165, 1.54) is 11.1 Å². The molecule has 110 valence electrons.